The van der Waals surface area contributed by atoms with Gasteiger partial charge < -0.3 is 28.5 Å². The Bertz CT molecular complexity index is 1010. The lowest BCUT2D eigenvalue weighted by molar-refractivity contribution is -0.214. The van der Waals surface area contributed by atoms with E-state index in [2.05, 4.69) is 69.3 Å². The van der Waals surface area contributed by atoms with E-state index in [9.17, 15) is 5.11 Å². The van der Waals surface area contributed by atoms with Crippen molar-refractivity contribution in [3.8, 4) is 0 Å². The largest absolute Gasteiger partial charge is 0.486 e. The van der Waals surface area contributed by atoms with Crippen LogP contribution in [0.1, 0.15) is 41.0 Å². The van der Waals surface area contributed by atoms with Crippen molar-refractivity contribution in [2.24, 2.45) is 0 Å². The standard InChI is InChI=1S/C28H36O6Si/c1-27(2,3)35(19-13-8-6-9-14-19,20-15-10-7-11-16-20)34-22-21(17-12-18-29)30-24-23(22)31-26-25(24)32-28(4,5)33-26/h6-11,13-17,22-26,29H,12,18H2,1-5H3/b21-17-/t22-,23-,24+,25-,26-/m1/s1. The quantitative estimate of drug-likeness (QED) is 0.618. The zero-order valence-electron chi connectivity index (χ0n) is 21.1. The topological polar surface area (TPSA) is 66.4 Å². The van der Waals surface area contributed by atoms with E-state index in [4.69, 9.17) is 23.4 Å². The second-order valence-electron chi connectivity index (χ2n) is 11.0. The first kappa shape index (κ1) is 24.7. The van der Waals surface area contributed by atoms with E-state index in [1.807, 2.05) is 32.1 Å². The number of hydrogen-bond acceptors (Lipinski definition) is 6. The Morgan fingerprint density at radius 3 is 2.06 bits per heavy atom. The molecule has 0 radical (unpaired) electrons. The van der Waals surface area contributed by atoms with Crippen LogP contribution in [0.15, 0.2) is 72.5 Å². The fourth-order valence-corrected chi connectivity index (χ4v) is 10.3. The summed E-state index contributed by atoms with van der Waals surface area (Å²) >= 11 is 0. The van der Waals surface area contributed by atoms with Crippen LogP contribution < -0.4 is 10.4 Å². The molecule has 0 aliphatic carbocycles. The summed E-state index contributed by atoms with van der Waals surface area (Å²) in [6, 6.07) is 21.1. The van der Waals surface area contributed by atoms with Gasteiger partial charge in [0.25, 0.3) is 8.32 Å². The summed E-state index contributed by atoms with van der Waals surface area (Å²) in [6.45, 7) is 10.6. The van der Waals surface area contributed by atoms with Crippen molar-refractivity contribution >= 4 is 18.7 Å². The van der Waals surface area contributed by atoms with Crippen LogP contribution in [0.4, 0.5) is 0 Å². The molecule has 2 aromatic carbocycles. The molecular formula is C28H36O6Si. The van der Waals surface area contributed by atoms with Gasteiger partial charge in [-0.2, -0.15) is 0 Å². The van der Waals surface area contributed by atoms with Gasteiger partial charge in [-0.15, -0.1) is 0 Å². The summed E-state index contributed by atoms with van der Waals surface area (Å²) in [5.74, 6) is -0.0240. The van der Waals surface area contributed by atoms with Crippen LogP contribution in [-0.2, 0) is 23.4 Å². The number of aliphatic hydroxyl groups is 1. The normalized spacial score (nSPS) is 30.8. The molecule has 0 unspecified atom stereocenters. The smallest absolute Gasteiger partial charge is 0.262 e. The summed E-state index contributed by atoms with van der Waals surface area (Å²) < 4.78 is 32.5. The number of rotatable bonds is 6. The number of hydrogen-bond donors (Lipinski definition) is 1. The molecule has 35 heavy (non-hydrogen) atoms. The molecule has 1 N–H and O–H groups in total. The molecule has 3 fully saturated rings. The molecule has 6 nitrogen and oxygen atoms in total. The maximum absolute atomic E-state index is 9.54. The first-order valence-electron chi connectivity index (χ1n) is 12.4. The van der Waals surface area contributed by atoms with Crippen molar-refractivity contribution in [3.05, 3.63) is 72.5 Å². The Kier molecular flexibility index (Phi) is 6.45. The monoisotopic (exact) mass is 496 g/mol. The van der Waals surface area contributed by atoms with Gasteiger partial charge in [0.2, 0.25) is 0 Å². The van der Waals surface area contributed by atoms with Crippen LogP contribution in [0.3, 0.4) is 0 Å². The molecule has 0 saturated carbocycles. The lowest BCUT2D eigenvalue weighted by atomic mass is 10.1. The van der Waals surface area contributed by atoms with Gasteiger partial charge in [-0.3, -0.25) is 0 Å². The molecule has 3 heterocycles. The Morgan fingerprint density at radius 2 is 1.51 bits per heavy atom. The highest BCUT2D eigenvalue weighted by Crippen LogP contribution is 2.48. The molecule has 5 rings (SSSR count). The molecule has 3 aliphatic heterocycles. The zero-order valence-corrected chi connectivity index (χ0v) is 22.1. The van der Waals surface area contributed by atoms with Crippen molar-refractivity contribution in [2.75, 3.05) is 6.61 Å². The Morgan fingerprint density at radius 1 is 0.914 bits per heavy atom. The summed E-state index contributed by atoms with van der Waals surface area (Å²) in [4.78, 5) is 0. The van der Waals surface area contributed by atoms with Crippen LogP contribution in [0.5, 0.6) is 0 Å². The van der Waals surface area contributed by atoms with E-state index < -0.39 is 26.5 Å². The molecule has 0 bridgehead atoms. The third-order valence-corrected chi connectivity index (χ3v) is 12.1. The van der Waals surface area contributed by atoms with Crippen molar-refractivity contribution < 1.29 is 28.5 Å². The van der Waals surface area contributed by atoms with Crippen molar-refractivity contribution in [1.29, 1.82) is 0 Å². The van der Waals surface area contributed by atoms with Crippen LogP contribution >= 0.6 is 0 Å². The summed E-state index contributed by atoms with van der Waals surface area (Å²) in [6.07, 6.45) is 0.429. The maximum atomic E-state index is 9.54. The van der Waals surface area contributed by atoms with E-state index in [-0.39, 0.29) is 30.0 Å². The molecule has 3 aliphatic rings. The van der Waals surface area contributed by atoms with Crippen molar-refractivity contribution in [1.82, 2.24) is 0 Å². The first-order valence-corrected chi connectivity index (χ1v) is 14.3. The van der Waals surface area contributed by atoms with Gasteiger partial charge in [-0.1, -0.05) is 81.4 Å². The van der Waals surface area contributed by atoms with Gasteiger partial charge >= 0.3 is 0 Å². The lowest BCUT2D eigenvalue weighted by Gasteiger charge is -2.45. The SMILES string of the molecule is CC1(C)O[C@H]2O[C@H]3[C@H](O/C(=C\CCO)[C@H]3O[Si](c3ccccc3)(c3ccccc3)C(C)(C)C)[C@H]2O1. The minimum Gasteiger partial charge on any atom is -0.486 e. The van der Waals surface area contributed by atoms with Gasteiger partial charge in [0.1, 0.15) is 18.0 Å². The van der Waals surface area contributed by atoms with E-state index in [1.165, 1.54) is 10.4 Å². The third kappa shape index (κ3) is 4.28. The third-order valence-electron chi connectivity index (χ3n) is 7.07. The fraction of sp³-hybridized carbons (Fsp3) is 0.500. The van der Waals surface area contributed by atoms with Crippen molar-refractivity contribution in [2.45, 2.75) is 82.6 Å². The van der Waals surface area contributed by atoms with Gasteiger partial charge in [0.15, 0.2) is 24.3 Å². The average molecular weight is 497 g/mol. The number of fused-ring (bicyclic) bond motifs is 3. The predicted octanol–water partition coefficient (Wildman–Crippen LogP) is 3.47. The predicted molar refractivity (Wildman–Crippen MR) is 136 cm³/mol. The molecule has 0 spiro atoms. The molecule has 3 saturated heterocycles. The summed E-state index contributed by atoms with van der Waals surface area (Å²) in [7, 11) is -2.86. The Balaban J connectivity index is 1.60. The summed E-state index contributed by atoms with van der Waals surface area (Å²) in [5.41, 5.74) is 0. The molecule has 5 atom stereocenters. The number of benzene rings is 2. The van der Waals surface area contributed by atoms with E-state index in [1.54, 1.807) is 0 Å². The van der Waals surface area contributed by atoms with Gasteiger partial charge in [0.05, 0.1) is 0 Å². The van der Waals surface area contributed by atoms with E-state index in [0.29, 0.717) is 12.2 Å². The van der Waals surface area contributed by atoms with Gasteiger partial charge in [-0.05, 0) is 41.8 Å². The second-order valence-corrected chi connectivity index (χ2v) is 15.2. The van der Waals surface area contributed by atoms with E-state index >= 15 is 0 Å². The Labute approximate surface area is 208 Å². The summed E-state index contributed by atoms with van der Waals surface area (Å²) in [5, 5.41) is 11.7. The highest BCUT2D eigenvalue weighted by atomic mass is 28.4. The molecular weight excluding hydrogens is 460 g/mol. The number of aliphatic hydroxyl groups excluding tert-OH is 1. The van der Waals surface area contributed by atoms with Crippen LogP contribution in [-0.4, -0.2) is 56.5 Å². The lowest BCUT2D eigenvalue weighted by Crippen LogP contribution is -2.68. The zero-order chi connectivity index (χ0) is 24.8. The molecule has 0 aromatic heterocycles. The van der Waals surface area contributed by atoms with Crippen LogP contribution in [0.2, 0.25) is 5.04 Å². The van der Waals surface area contributed by atoms with Gasteiger partial charge in [-0.25, -0.2) is 0 Å². The maximum Gasteiger partial charge on any atom is 0.262 e. The molecule has 7 heteroatoms. The first-order chi connectivity index (χ1) is 16.7. The number of ether oxygens (including phenoxy) is 4. The molecule has 0 amide bonds. The second kappa shape index (κ2) is 9.14. The highest BCUT2D eigenvalue weighted by Gasteiger charge is 2.64. The Hall–Kier alpha value is -2.00. The van der Waals surface area contributed by atoms with Crippen LogP contribution in [0.25, 0.3) is 0 Å². The van der Waals surface area contributed by atoms with Gasteiger partial charge in [0, 0.05) is 6.61 Å². The molecule has 2 aromatic rings. The minimum atomic E-state index is -2.86. The fourth-order valence-electron chi connectivity index (χ4n) is 5.65. The van der Waals surface area contributed by atoms with Crippen LogP contribution in [0, 0.1) is 0 Å². The highest BCUT2D eigenvalue weighted by molar-refractivity contribution is 6.99. The minimum absolute atomic E-state index is 0.0354. The average Bonchev–Trinajstić information content (AvgIpc) is 3.42. The van der Waals surface area contributed by atoms with Crippen molar-refractivity contribution in [3.63, 3.8) is 0 Å². The molecule has 188 valence electrons. The van der Waals surface area contributed by atoms with E-state index in [0.717, 1.165) is 0 Å².